The van der Waals surface area contributed by atoms with E-state index in [0.717, 1.165) is 18.4 Å². The van der Waals surface area contributed by atoms with Gasteiger partial charge in [0, 0.05) is 5.56 Å². The number of thiocarbonyl (C=S) groups is 1. The van der Waals surface area contributed by atoms with Gasteiger partial charge in [-0.05, 0) is 36.6 Å². The molecule has 2 rings (SSSR count). The van der Waals surface area contributed by atoms with Crippen molar-refractivity contribution in [3.63, 3.8) is 0 Å². The molecule has 0 spiro atoms. The van der Waals surface area contributed by atoms with Crippen molar-refractivity contribution in [1.29, 1.82) is 0 Å². The van der Waals surface area contributed by atoms with E-state index < -0.39 is 0 Å². The highest BCUT2D eigenvalue weighted by atomic mass is 32.1. The SMILES string of the molecule is NC(=S)c1ccc(F)cc1COC1CCCCC1. The molecular weight excluding hydrogens is 249 g/mol. The van der Waals surface area contributed by atoms with Crippen molar-refractivity contribution in [2.75, 3.05) is 0 Å². The van der Waals surface area contributed by atoms with Gasteiger partial charge in [0.1, 0.15) is 10.8 Å². The molecule has 1 aliphatic carbocycles. The number of nitrogens with two attached hydrogens (primary N) is 1. The van der Waals surface area contributed by atoms with Gasteiger partial charge in [0.2, 0.25) is 0 Å². The number of hydrogen-bond acceptors (Lipinski definition) is 2. The van der Waals surface area contributed by atoms with Crippen molar-refractivity contribution in [1.82, 2.24) is 0 Å². The first-order chi connectivity index (χ1) is 8.66. The van der Waals surface area contributed by atoms with E-state index in [0.29, 0.717) is 18.3 Å². The van der Waals surface area contributed by atoms with Crippen molar-refractivity contribution in [3.05, 3.63) is 35.1 Å². The first kappa shape index (κ1) is 13.4. The van der Waals surface area contributed by atoms with E-state index in [1.807, 2.05) is 0 Å². The van der Waals surface area contributed by atoms with Gasteiger partial charge in [0.25, 0.3) is 0 Å². The molecule has 0 radical (unpaired) electrons. The molecule has 0 bridgehead atoms. The molecule has 1 saturated carbocycles. The van der Waals surface area contributed by atoms with Crippen molar-refractivity contribution in [3.8, 4) is 0 Å². The standard InChI is InChI=1S/C14H18FNOS/c15-11-6-7-13(14(16)18)10(8-11)9-17-12-4-2-1-3-5-12/h6-8,12H,1-5,9H2,(H2,16,18). The Bertz CT molecular complexity index is 430. The Hall–Kier alpha value is -1.00. The van der Waals surface area contributed by atoms with Crippen LogP contribution in [-0.4, -0.2) is 11.1 Å². The monoisotopic (exact) mass is 267 g/mol. The molecule has 0 amide bonds. The summed E-state index contributed by atoms with van der Waals surface area (Å²) in [5, 5.41) is 0. The van der Waals surface area contributed by atoms with Crippen molar-refractivity contribution in [2.24, 2.45) is 5.73 Å². The van der Waals surface area contributed by atoms with Gasteiger partial charge in [0.05, 0.1) is 12.7 Å². The summed E-state index contributed by atoms with van der Waals surface area (Å²) in [6.45, 7) is 0.384. The fourth-order valence-corrected chi connectivity index (χ4v) is 2.56. The number of halogens is 1. The van der Waals surface area contributed by atoms with Crippen LogP contribution in [0.15, 0.2) is 18.2 Å². The van der Waals surface area contributed by atoms with Crippen LogP contribution in [0.5, 0.6) is 0 Å². The molecule has 0 aliphatic heterocycles. The van der Waals surface area contributed by atoms with Crippen LogP contribution in [-0.2, 0) is 11.3 Å². The second kappa shape index (κ2) is 6.25. The molecular formula is C14H18FNOS. The molecule has 1 aromatic rings. The largest absolute Gasteiger partial charge is 0.389 e. The lowest BCUT2D eigenvalue weighted by atomic mass is 9.98. The Morgan fingerprint density at radius 3 is 2.72 bits per heavy atom. The third-order valence-electron chi connectivity index (χ3n) is 3.36. The number of ether oxygens (including phenoxy) is 1. The summed E-state index contributed by atoms with van der Waals surface area (Å²) in [4.78, 5) is 0.289. The summed E-state index contributed by atoms with van der Waals surface area (Å²) in [7, 11) is 0. The van der Waals surface area contributed by atoms with E-state index in [9.17, 15) is 4.39 Å². The van der Waals surface area contributed by atoms with E-state index >= 15 is 0 Å². The minimum atomic E-state index is -0.280. The van der Waals surface area contributed by atoms with Crippen LogP contribution in [0.25, 0.3) is 0 Å². The first-order valence-electron chi connectivity index (χ1n) is 6.36. The molecule has 1 aliphatic rings. The van der Waals surface area contributed by atoms with Gasteiger partial charge in [-0.25, -0.2) is 4.39 Å². The van der Waals surface area contributed by atoms with Gasteiger partial charge in [-0.1, -0.05) is 31.5 Å². The Morgan fingerprint density at radius 2 is 2.06 bits per heavy atom. The van der Waals surface area contributed by atoms with Gasteiger partial charge in [-0.2, -0.15) is 0 Å². The highest BCUT2D eigenvalue weighted by molar-refractivity contribution is 7.80. The van der Waals surface area contributed by atoms with Crippen LogP contribution in [0.1, 0.15) is 43.2 Å². The van der Waals surface area contributed by atoms with Crippen LogP contribution in [0, 0.1) is 5.82 Å². The lowest BCUT2D eigenvalue weighted by molar-refractivity contribution is 0.0167. The molecule has 1 aromatic carbocycles. The fourth-order valence-electron chi connectivity index (χ4n) is 2.36. The average Bonchev–Trinajstić information content (AvgIpc) is 2.37. The van der Waals surface area contributed by atoms with Crippen LogP contribution in [0.3, 0.4) is 0 Å². The van der Waals surface area contributed by atoms with Crippen molar-refractivity contribution in [2.45, 2.75) is 44.8 Å². The number of benzene rings is 1. The van der Waals surface area contributed by atoms with Crippen molar-refractivity contribution >= 4 is 17.2 Å². The normalized spacial score (nSPS) is 16.7. The molecule has 0 atom stereocenters. The highest BCUT2D eigenvalue weighted by Crippen LogP contribution is 2.22. The molecule has 2 N–H and O–H groups in total. The quantitative estimate of drug-likeness (QED) is 0.850. The Kier molecular flexibility index (Phi) is 4.66. The van der Waals surface area contributed by atoms with Crippen LogP contribution in [0.4, 0.5) is 4.39 Å². The van der Waals surface area contributed by atoms with E-state index in [2.05, 4.69) is 0 Å². The Balaban J connectivity index is 2.03. The molecule has 2 nitrogen and oxygen atoms in total. The molecule has 18 heavy (non-hydrogen) atoms. The van der Waals surface area contributed by atoms with Gasteiger partial charge >= 0.3 is 0 Å². The minimum absolute atomic E-state index is 0.280. The van der Waals surface area contributed by atoms with Gasteiger partial charge in [-0.3, -0.25) is 0 Å². The van der Waals surface area contributed by atoms with Crippen molar-refractivity contribution < 1.29 is 9.13 Å². The number of hydrogen-bond donors (Lipinski definition) is 1. The predicted octanol–water partition coefficient (Wildman–Crippen LogP) is 3.31. The molecule has 0 saturated heterocycles. The molecule has 4 heteroatoms. The third-order valence-corrected chi connectivity index (χ3v) is 3.58. The molecule has 0 aromatic heterocycles. The van der Waals surface area contributed by atoms with Gasteiger partial charge < -0.3 is 10.5 Å². The predicted molar refractivity (Wildman–Crippen MR) is 73.9 cm³/mol. The van der Waals surface area contributed by atoms with E-state index in [-0.39, 0.29) is 10.8 Å². The maximum Gasteiger partial charge on any atom is 0.123 e. The molecule has 0 heterocycles. The second-order valence-corrected chi connectivity index (χ2v) is 5.18. The maximum absolute atomic E-state index is 13.2. The zero-order valence-corrected chi connectivity index (χ0v) is 11.1. The zero-order valence-electron chi connectivity index (χ0n) is 10.3. The average molecular weight is 267 g/mol. The Morgan fingerprint density at radius 1 is 1.33 bits per heavy atom. The van der Waals surface area contributed by atoms with Crippen LogP contribution in [0.2, 0.25) is 0 Å². The Labute approximate surface area is 112 Å². The minimum Gasteiger partial charge on any atom is -0.389 e. The summed E-state index contributed by atoms with van der Waals surface area (Å²) >= 11 is 4.96. The first-order valence-corrected chi connectivity index (χ1v) is 6.77. The summed E-state index contributed by atoms with van der Waals surface area (Å²) in [5.41, 5.74) is 7.08. The molecule has 98 valence electrons. The van der Waals surface area contributed by atoms with E-state index in [1.165, 1.54) is 31.4 Å². The van der Waals surface area contributed by atoms with Crippen LogP contribution < -0.4 is 5.73 Å². The number of rotatable bonds is 4. The van der Waals surface area contributed by atoms with Gasteiger partial charge in [-0.15, -0.1) is 0 Å². The smallest absolute Gasteiger partial charge is 0.123 e. The summed E-state index contributed by atoms with van der Waals surface area (Å²) < 4.78 is 19.1. The third kappa shape index (κ3) is 3.50. The van der Waals surface area contributed by atoms with E-state index in [1.54, 1.807) is 6.07 Å². The van der Waals surface area contributed by atoms with Crippen LogP contribution >= 0.6 is 12.2 Å². The highest BCUT2D eigenvalue weighted by Gasteiger charge is 2.15. The summed E-state index contributed by atoms with van der Waals surface area (Å²) in [6, 6.07) is 4.45. The van der Waals surface area contributed by atoms with E-state index in [4.69, 9.17) is 22.7 Å². The topological polar surface area (TPSA) is 35.2 Å². The molecule has 0 unspecified atom stereocenters. The lowest BCUT2D eigenvalue weighted by Gasteiger charge is -2.22. The maximum atomic E-state index is 13.2. The zero-order chi connectivity index (χ0) is 13.0. The second-order valence-electron chi connectivity index (χ2n) is 4.74. The summed E-state index contributed by atoms with van der Waals surface area (Å²) in [5.74, 6) is -0.280. The molecule has 1 fully saturated rings. The lowest BCUT2D eigenvalue weighted by Crippen LogP contribution is -2.18. The summed E-state index contributed by atoms with van der Waals surface area (Å²) in [6.07, 6.45) is 6.21. The van der Waals surface area contributed by atoms with Gasteiger partial charge in [0.15, 0.2) is 0 Å². The fraction of sp³-hybridized carbons (Fsp3) is 0.500.